The highest BCUT2D eigenvalue weighted by molar-refractivity contribution is 5.59. The maximum atomic E-state index is 13.6. The van der Waals surface area contributed by atoms with Gasteiger partial charge in [-0.05, 0) is 24.3 Å². The number of benzene rings is 1. The molecule has 0 fully saturated rings. The predicted molar refractivity (Wildman–Crippen MR) is 67.6 cm³/mol. The minimum Gasteiger partial charge on any atom is -0.416 e. The summed E-state index contributed by atoms with van der Waals surface area (Å²) in [7, 11) is 0. The molecule has 0 unspecified atom stereocenters. The summed E-state index contributed by atoms with van der Waals surface area (Å²) in [5.41, 5.74) is 0.362. The Kier molecular flexibility index (Phi) is 3.31. The fraction of sp³-hybridized carbons (Fsp3) is 0. The van der Waals surface area contributed by atoms with Crippen LogP contribution in [0.1, 0.15) is 5.56 Å². The van der Waals surface area contributed by atoms with Gasteiger partial charge in [0.15, 0.2) is 5.82 Å². The van der Waals surface area contributed by atoms with Crippen LogP contribution in [0.2, 0.25) is 0 Å². The summed E-state index contributed by atoms with van der Waals surface area (Å²) >= 11 is 0. The summed E-state index contributed by atoms with van der Waals surface area (Å²) in [6.45, 7) is 0. The number of pyridine rings is 1. The van der Waals surface area contributed by atoms with Gasteiger partial charge in [-0.15, -0.1) is 10.2 Å². The molecule has 1 aromatic carbocycles. The van der Waals surface area contributed by atoms with E-state index in [1.54, 1.807) is 18.2 Å². The third-order valence-electron chi connectivity index (χ3n) is 2.78. The predicted octanol–water partition coefficient (Wildman–Crippen LogP) is 3.09. The van der Waals surface area contributed by atoms with E-state index in [-0.39, 0.29) is 11.8 Å². The van der Waals surface area contributed by atoms with Crippen molar-refractivity contribution in [2.45, 2.75) is 0 Å². The summed E-state index contributed by atoms with van der Waals surface area (Å²) in [5.74, 6) is -4.48. The Labute approximate surface area is 121 Å². The van der Waals surface area contributed by atoms with Crippen molar-refractivity contribution >= 4 is 0 Å². The summed E-state index contributed by atoms with van der Waals surface area (Å²) in [4.78, 5) is 2.78. The lowest BCUT2D eigenvalue weighted by molar-refractivity contribution is 0.446. The zero-order chi connectivity index (χ0) is 15.7. The van der Waals surface area contributed by atoms with Gasteiger partial charge in [0.25, 0.3) is 11.8 Å². The highest BCUT2D eigenvalue weighted by atomic mass is 19.2. The van der Waals surface area contributed by atoms with Crippen LogP contribution in [0.5, 0.6) is 0 Å². The molecule has 0 N–H and O–H groups in total. The van der Waals surface area contributed by atoms with Gasteiger partial charge < -0.3 is 4.42 Å². The van der Waals surface area contributed by atoms with Crippen LogP contribution < -0.4 is 0 Å². The smallest absolute Gasteiger partial charge is 0.252 e. The van der Waals surface area contributed by atoms with Crippen molar-refractivity contribution < 1.29 is 17.6 Å². The minimum absolute atomic E-state index is 0.0104. The molecule has 2 aromatic heterocycles. The SMILES string of the molecule is N#Cc1cccc(-c2nnc(-c3cc(F)c(F)nc3F)o2)c1. The zero-order valence-corrected chi connectivity index (χ0v) is 10.7. The van der Waals surface area contributed by atoms with E-state index in [4.69, 9.17) is 9.68 Å². The van der Waals surface area contributed by atoms with Crippen LogP contribution in [0.15, 0.2) is 34.7 Å². The molecule has 0 aliphatic heterocycles. The second-order valence-corrected chi connectivity index (χ2v) is 4.20. The molecule has 5 nitrogen and oxygen atoms in total. The van der Waals surface area contributed by atoms with Crippen molar-refractivity contribution in [3.8, 4) is 29.0 Å². The minimum atomic E-state index is -1.55. The van der Waals surface area contributed by atoms with Gasteiger partial charge in [0.05, 0.1) is 17.2 Å². The van der Waals surface area contributed by atoms with Gasteiger partial charge in [-0.25, -0.2) is 4.39 Å². The van der Waals surface area contributed by atoms with Crippen molar-refractivity contribution in [1.82, 2.24) is 15.2 Å². The van der Waals surface area contributed by atoms with Crippen molar-refractivity contribution in [2.75, 3.05) is 0 Å². The third-order valence-corrected chi connectivity index (χ3v) is 2.78. The number of hydrogen-bond acceptors (Lipinski definition) is 5. The zero-order valence-electron chi connectivity index (χ0n) is 10.7. The Balaban J connectivity index is 2.04. The summed E-state index contributed by atoms with van der Waals surface area (Å²) in [5, 5.41) is 16.1. The van der Waals surface area contributed by atoms with Crippen molar-refractivity contribution in [3.05, 3.63) is 53.6 Å². The number of hydrogen-bond donors (Lipinski definition) is 0. The van der Waals surface area contributed by atoms with E-state index in [2.05, 4.69) is 15.2 Å². The van der Waals surface area contributed by atoms with Crippen LogP contribution >= 0.6 is 0 Å². The van der Waals surface area contributed by atoms with Gasteiger partial charge in [-0.3, -0.25) is 0 Å². The van der Waals surface area contributed by atoms with E-state index >= 15 is 0 Å². The maximum Gasteiger partial charge on any atom is 0.252 e. The molecule has 0 bridgehead atoms. The Morgan fingerprint density at radius 2 is 1.77 bits per heavy atom. The average molecular weight is 302 g/mol. The van der Waals surface area contributed by atoms with Gasteiger partial charge in [0.2, 0.25) is 11.8 Å². The molecule has 0 saturated heterocycles. The first-order valence-corrected chi connectivity index (χ1v) is 5.94. The first-order valence-electron chi connectivity index (χ1n) is 5.94. The molecule has 2 heterocycles. The molecule has 3 aromatic rings. The monoisotopic (exact) mass is 302 g/mol. The molecule has 0 radical (unpaired) electrons. The van der Waals surface area contributed by atoms with E-state index in [9.17, 15) is 13.2 Å². The Hall–Kier alpha value is -3.21. The molecule has 3 rings (SSSR count). The summed E-state index contributed by atoms with van der Waals surface area (Å²) in [6.07, 6.45) is 0. The number of aromatic nitrogens is 3. The lowest BCUT2D eigenvalue weighted by atomic mass is 10.1. The van der Waals surface area contributed by atoms with Gasteiger partial charge in [-0.1, -0.05) is 6.07 Å². The van der Waals surface area contributed by atoms with Crippen molar-refractivity contribution in [2.24, 2.45) is 0 Å². The largest absolute Gasteiger partial charge is 0.416 e. The third kappa shape index (κ3) is 2.40. The molecule has 108 valence electrons. The van der Waals surface area contributed by atoms with Crippen LogP contribution in [-0.2, 0) is 0 Å². The second-order valence-electron chi connectivity index (χ2n) is 4.20. The Morgan fingerprint density at radius 3 is 2.55 bits per heavy atom. The fourth-order valence-corrected chi connectivity index (χ4v) is 1.77. The van der Waals surface area contributed by atoms with E-state index < -0.39 is 23.3 Å². The highest BCUT2D eigenvalue weighted by Gasteiger charge is 2.19. The number of nitrogens with zero attached hydrogens (tertiary/aromatic N) is 4. The van der Waals surface area contributed by atoms with E-state index in [1.165, 1.54) is 6.07 Å². The summed E-state index contributed by atoms with van der Waals surface area (Å²) in [6, 6.07) is 8.83. The highest BCUT2D eigenvalue weighted by Crippen LogP contribution is 2.26. The Bertz CT molecular complexity index is 901. The molecule has 0 amide bonds. The maximum absolute atomic E-state index is 13.6. The first-order chi connectivity index (χ1) is 10.6. The molecule has 22 heavy (non-hydrogen) atoms. The first kappa shape index (κ1) is 13.8. The van der Waals surface area contributed by atoms with Gasteiger partial charge in [-0.2, -0.15) is 19.0 Å². The summed E-state index contributed by atoms with van der Waals surface area (Å²) < 4.78 is 44.7. The molecule has 0 aliphatic carbocycles. The molecule has 0 aliphatic rings. The molecular weight excluding hydrogens is 297 g/mol. The molecule has 0 saturated carbocycles. The molecule has 0 atom stereocenters. The quantitative estimate of drug-likeness (QED) is 0.680. The van der Waals surface area contributed by atoms with Gasteiger partial charge in [0.1, 0.15) is 0 Å². The van der Waals surface area contributed by atoms with Crippen LogP contribution in [0.4, 0.5) is 13.2 Å². The van der Waals surface area contributed by atoms with Gasteiger partial charge in [0, 0.05) is 5.56 Å². The van der Waals surface area contributed by atoms with E-state index in [1.807, 2.05) is 6.07 Å². The fourth-order valence-electron chi connectivity index (χ4n) is 1.77. The second kappa shape index (κ2) is 5.29. The molecule has 8 heteroatoms. The lowest BCUT2D eigenvalue weighted by Crippen LogP contribution is -1.97. The van der Waals surface area contributed by atoms with Crippen LogP contribution in [0.3, 0.4) is 0 Å². The van der Waals surface area contributed by atoms with Crippen LogP contribution in [0.25, 0.3) is 22.9 Å². The molecular formula is C14H5F3N4O. The van der Waals surface area contributed by atoms with Crippen molar-refractivity contribution in [3.63, 3.8) is 0 Å². The van der Waals surface area contributed by atoms with Crippen LogP contribution in [0, 0.1) is 29.0 Å². The van der Waals surface area contributed by atoms with E-state index in [0.717, 1.165) is 0 Å². The van der Waals surface area contributed by atoms with E-state index in [0.29, 0.717) is 17.2 Å². The van der Waals surface area contributed by atoms with Gasteiger partial charge >= 0.3 is 0 Å². The number of halogens is 3. The lowest BCUT2D eigenvalue weighted by Gasteiger charge is -1.98. The molecule has 0 spiro atoms. The number of rotatable bonds is 2. The van der Waals surface area contributed by atoms with Crippen molar-refractivity contribution in [1.29, 1.82) is 5.26 Å². The Morgan fingerprint density at radius 1 is 1.00 bits per heavy atom. The van der Waals surface area contributed by atoms with Crippen LogP contribution in [-0.4, -0.2) is 15.2 Å². The normalized spacial score (nSPS) is 10.5. The number of nitriles is 1. The standard InChI is InChI=1S/C14H5F3N4O/c15-10-5-9(11(16)19-12(10)17)14-21-20-13(22-14)8-3-1-2-7(4-8)6-18/h1-5H. The topological polar surface area (TPSA) is 75.6 Å². The average Bonchev–Trinajstić information content (AvgIpc) is 3.00.